The Morgan fingerprint density at radius 2 is 2.15 bits per heavy atom. The van der Waals surface area contributed by atoms with Gasteiger partial charge in [-0.15, -0.1) is 0 Å². The van der Waals surface area contributed by atoms with Crippen LogP contribution in [0.3, 0.4) is 0 Å². The number of nitrogens with one attached hydrogen (secondary N) is 1. The normalized spacial score (nSPS) is 10.7. The molecule has 0 aliphatic carbocycles. The number of aromatic nitrogens is 1. The number of benzene rings is 1. The quantitative estimate of drug-likeness (QED) is 0.545. The molecule has 3 rings (SSSR count). The maximum Gasteiger partial charge on any atom is 0.336 e. The fourth-order valence-electron chi connectivity index (χ4n) is 2.72. The molecule has 1 N–H and O–H groups in total. The van der Waals surface area contributed by atoms with Crippen LogP contribution in [0.1, 0.15) is 17.5 Å². The second kappa shape index (κ2) is 7.58. The first-order valence-electron chi connectivity index (χ1n) is 7.99. The molecule has 7 heteroatoms. The van der Waals surface area contributed by atoms with E-state index in [0.29, 0.717) is 23.4 Å². The molecule has 0 atom stereocenters. The van der Waals surface area contributed by atoms with E-state index < -0.39 is 5.63 Å². The van der Waals surface area contributed by atoms with Gasteiger partial charge in [0.15, 0.2) is 5.15 Å². The SMILES string of the molecule is COc1cc2oc(=O)cc(C)c2cc1CCC(=O)Nc1cccnc1Cl. The van der Waals surface area contributed by atoms with Crippen molar-refractivity contribution in [1.82, 2.24) is 4.98 Å². The molecule has 26 heavy (non-hydrogen) atoms. The Hall–Kier alpha value is -2.86. The second-order valence-electron chi connectivity index (χ2n) is 5.80. The molecule has 0 bridgehead atoms. The molecule has 1 aromatic carbocycles. The lowest BCUT2D eigenvalue weighted by molar-refractivity contribution is -0.116. The van der Waals surface area contributed by atoms with Crippen molar-refractivity contribution in [3.05, 3.63) is 63.2 Å². The fourth-order valence-corrected chi connectivity index (χ4v) is 2.88. The van der Waals surface area contributed by atoms with Crippen LogP contribution in [0.25, 0.3) is 11.0 Å². The number of hydrogen-bond donors (Lipinski definition) is 1. The van der Waals surface area contributed by atoms with Crippen LogP contribution in [0.5, 0.6) is 5.75 Å². The summed E-state index contributed by atoms with van der Waals surface area (Å²) in [6.07, 6.45) is 2.25. The third kappa shape index (κ3) is 3.86. The molecule has 3 aromatic rings. The maximum absolute atomic E-state index is 12.2. The monoisotopic (exact) mass is 372 g/mol. The van der Waals surface area contributed by atoms with Crippen LogP contribution in [0.4, 0.5) is 5.69 Å². The summed E-state index contributed by atoms with van der Waals surface area (Å²) in [6.45, 7) is 1.84. The fraction of sp³-hybridized carbons (Fsp3) is 0.211. The van der Waals surface area contributed by atoms with Crippen LogP contribution in [-0.2, 0) is 11.2 Å². The highest BCUT2D eigenvalue weighted by molar-refractivity contribution is 6.32. The Kier molecular flexibility index (Phi) is 5.23. The van der Waals surface area contributed by atoms with E-state index in [1.165, 1.54) is 13.2 Å². The minimum Gasteiger partial charge on any atom is -0.496 e. The van der Waals surface area contributed by atoms with Crippen LogP contribution < -0.4 is 15.7 Å². The lowest BCUT2D eigenvalue weighted by Crippen LogP contribution is -2.13. The largest absolute Gasteiger partial charge is 0.496 e. The third-order valence-corrected chi connectivity index (χ3v) is 4.31. The van der Waals surface area contributed by atoms with Gasteiger partial charge >= 0.3 is 5.63 Å². The summed E-state index contributed by atoms with van der Waals surface area (Å²) in [5.41, 5.74) is 2.19. The molecule has 0 aliphatic rings. The zero-order valence-electron chi connectivity index (χ0n) is 14.3. The van der Waals surface area contributed by atoms with Gasteiger partial charge < -0.3 is 14.5 Å². The van der Waals surface area contributed by atoms with Gasteiger partial charge in [-0.1, -0.05) is 11.6 Å². The second-order valence-corrected chi connectivity index (χ2v) is 6.16. The molecule has 0 radical (unpaired) electrons. The molecule has 0 fully saturated rings. The Morgan fingerprint density at radius 1 is 1.35 bits per heavy atom. The molecule has 1 amide bonds. The summed E-state index contributed by atoms with van der Waals surface area (Å²) in [6, 6.07) is 8.39. The maximum atomic E-state index is 12.2. The van der Waals surface area contributed by atoms with Gasteiger partial charge in [-0.2, -0.15) is 0 Å². The Bertz CT molecular complexity index is 1030. The molecule has 6 nitrogen and oxygen atoms in total. The number of halogens is 1. The van der Waals surface area contributed by atoms with Crippen molar-refractivity contribution in [3.8, 4) is 5.75 Å². The van der Waals surface area contributed by atoms with Crippen LogP contribution in [0.15, 0.2) is 45.7 Å². The van der Waals surface area contributed by atoms with Crippen molar-refractivity contribution >= 4 is 34.2 Å². The van der Waals surface area contributed by atoms with E-state index in [9.17, 15) is 9.59 Å². The number of ether oxygens (including phenoxy) is 1. The number of carbonyl (C=O) groups is 1. The summed E-state index contributed by atoms with van der Waals surface area (Å²) in [5.74, 6) is 0.386. The van der Waals surface area contributed by atoms with Crippen molar-refractivity contribution in [2.24, 2.45) is 0 Å². The number of nitrogens with zero attached hydrogens (tertiary/aromatic N) is 1. The predicted octanol–water partition coefficient (Wildman–Crippen LogP) is 3.73. The first kappa shape index (κ1) is 17.9. The third-order valence-electron chi connectivity index (χ3n) is 4.01. The van der Waals surface area contributed by atoms with Crippen molar-refractivity contribution in [1.29, 1.82) is 0 Å². The van der Waals surface area contributed by atoms with E-state index in [2.05, 4.69) is 10.3 Å². The summed E-state index contributed by atoms with van der Waals surface area (Å²) < 4.78 is 10.6. The van der Waals surface area contributed by atoms with Crippen LogP contribution >= 0.6 is 11.6 Å². The zero-order chi connectivity index (χ0) is 18.7. The molecule has 0 saturated heterocycles. The van der Waals surface area contributed by atoms with E-state index in [1.807, 2.05) is 13.0 Å². The van der Waals surface area contributed by atoms with Crippen molar-refractivity contribution < 1.29 is 13.9 Å². The Labute approximate surface area is 154 Å². The van der Waals surface area contributed by atoms with Crippen LogP contribution in [0, 0.1) is 6.92 Å². The highest BCUT2D eigenvalue weighted by Crippen LogP contribution is 2.28. The smallest absolute Gasteiger partial charge is 0.336 e. The molecule has 2 heterocycles. The number of hydrogen-bond acceptors (Lipinski definition) is 5. The Morgan fingerprint density at radius 3 is 2.88 bits per heavy atom. The summed E-state index contributed by atoms with van der Waals surface area (Å²) in [5, 5.41) is 3.80. The number of carbonyl (C=O) groups excluding carboxylic acids is 1. The standard InChI is InChI=1S/C19H17ClN2O4/c1-11-8-18(24)26-16-10-15(25-2)12(9-13(11)16)5-6-17(23)22-14-4-3-7-21-19(14)20/h3-4,7-10H,5-6H2,1-2H3,(H,22,23). The van der Waals surface area contributed by atoms with Gasteiger partial charge in [0.2, 0.25) is 5.91 Å². The van der Waals surface area contributed by atoms with E-state index in [1.54, 1.807) is 24.4 Å². The zero-order valence-corrected chi connectivity index (χ0v) is 15.1. The number of amides is 1. The summed E-state index contributed by atoms with van der Waals surface area (Å²) in [4.78, 5) is 27.7. The van der Waals surface area contributed by atoms with Gasteiger partial charge in [-0.3, -0.25) is 4.79 Å². The van der Waals surface area contributed by atoms with Crippen molar-refractivity contribution in [2.45, 2.75) is 19.8 Å². The summed E-state index contributed by atoms with van der Waals surface area (Å²) in [7, 11) is 1.54. The van der Waals surface area contributed by atoms with Gasteiger partial charge in [0.25, 0.3) is 0 Å². The van der Waals surface area contributed by atoms with Gasteiger partial charge in [0.05, 0.1) is 12.8 Å². The van der Waals surface area contributed by atoms with Gasteiger partial charge in [-0.05, 0) is 42.7 Å². The lowest BCUT2D eigenvalue weighted by Gasteiger charge is -2.11. The minimum absolute atomic E-state index is 0.182. The first-order chi connectivity index (χ1) is 12.5. The Balaban J connectivity index is 1.81. The van der Waals surface area contributed by atoms with Crippen molar-refractivity contribution in [2.75, 3.05) is 12.4 Å². The minimum atomic E-state index is -0.405. The number of aryl methyl sites for hydroxylation is 2. The van der Waals surface area contributed by atoms with E-state index in [4.69, 9.17) is 20.8 Å². The predicted molar refractivity (Wildman–Crippen MR) is 100.0 cm³/mol. The number of methoxy groups -OCH3 is 1. The van der Waals surface area contributed by atoms with Crippen LogP contribution in [-0.4, -0.2) is 18.0 Å². The lowest BCUT2D eigenvalue weighted by atomic mass is 10.0. The number of pyridine rings is 1. The first-order valence-corrected chi connectivity index (χ1v) is 8.37. The molecular formula is C19H17ClN2O4. The number of fused-ring (bicyclic) bond motifs is 1. The number of rotatable bonds is 5. The molecule has 0 unspecified atom stereocenters. The number of anilines is 1. The highest BCUT2D eigenvalue weighted by atomic mass is 35.5. The molecule has 134 valence electrons. The molecule has 0 saturated carbocycles. The van der Waals surface area contributed by atoms with Crippen LogP contribution in [0.2, 0.25) is 5.15 Å². The van der Waals surface area contributed by atoms with E-state index >= 15 is 0 Å². The van der Waals surface area contributed by atoms with Gasteiger partial charge in [0.1, 0.15) is 11.3 Å². The average molecular weight is 373 g/mol. The molecule has 0 spiro atoms. The average Bonchev–Trinajstić information content (AvgIpc) is 2.61. The molecule has 0 aliphatic heterocycles. The summed E-state index contributed by atoms with van der Waals surface area (Å²) >= 11 is 5.95. The van der Waals surface area contributed by atoms with E-state index in [-0.39, 0.29) is 17.5 Å². The molecular weight excluding hydrogens is 356 g/mol. The molecule has 2 aromatic heterocycles. The van der Waals surface area contributed by atoms with Gasteiger partial charge in [-0.25, -0.2) is 9.78 Å². The van der Waals surface area contributed by atoms with Gasteiger partial charge in [0, 0.05) is 30.1 Å². The van der Waals surface area contributed by atoms with Crippen molar-refractivity contribution in [3.63, 3.8) is 0 Å². The highest BCUT2D eigenvalue weighted by Gasteiger charge is 2.12. The topological polar surface area (TPSA) is 81.4 Å². The van der Waals surface area contributed by atoms with E-state index in [0.717, 1.165) is 16.5 Å².